The van der Waals surface area contributed by atoms with Crippen LogP contribution in [-0.4, -0.2) is 35.8 Å². The van der Waals surface area contributed by atoms with Gasteiger partial charge < -0.3 is 14.8 Å². The van der Waals surface area contributed by atoms with Gasteiger partial charge in [-0.25, -0.2) is 4.79 Å². The van der Waals surface area contributed by atoms with Crippen LogP contribution in [0.15, 0.2) is 59.5 Å². The first-order chi connectivity index (χ1) is 13.3. The van der Waals surface area contributed by atoms with Crippen molar-refractivity contribution in [2.24, 2.45) is 0 Å². The van der Waals surface area contributed by atoms with Crippen molar-refractivity contribution < 1.29 is 23.9 Å². The predicted octanol–water partition coefficient (Wildman–Crippen LogP) is 3.91. The zero-order valence-electron chi connectivity index (χ0n) is 16.0. The van der Waals surface area contributed by atoms with E-state index in [9.17, 15) is 14.4 Å². The highest BCUT2D eigenvalue weighted by Gasteiger charge is 2.17. The maximum absolute atomic E-state index is 12.0. The summed E-state index contributed by atoms with van der Waals surface area (Å²) in [6.07, 6.45) is -0.205. The second kappa shape index (κ2) is 10.5. The molecule has 2 aromatic carbocycles. The Labute approximate surface area is 168 Å². The van der Waals surface area contributed by atoms with E-state index in [1.165, 1.54) is 11.8 Å². The Hall–Kier alpha value is -2.80. The van der Waals surface area contributed by atoms with Gasteiger partial charge in [0.15, 0.2) is 6.61 Å². The largest absolute Gasteiger partial charge is 0.459 e. The molecule has 0 unspecified atom stereocenters. The van der Waals surface area contributed by atoms with Gasteiger partial charge in [-0.3, -0.25) is 9.59 Å². The number of ether oxygens (including phenoxy) is 2. The molecule has 1 amide bonds. The number of amides is 1. The quantitative estimate of drug-likeness (QED) is 0.533. The Bertz CT molecular complexity index is 805. The van der Waals surface area contributed by atoms with Gasteiger partial charge in [0.05, 0.1) is 11.7 Å². The Morgan fingerprint density at radius 2 is 1.61 bits per heavy atom. The number of hydrogen-bond acceptors (Lipinski definition) is 6. The molecular formula is C21H23NO5S. The zero-order valence-corrected chi connectivity index (χ0v) is 16.8. The van der Waals surface area contributed by atoms with E-state index < -0.39 is 23.1 Å². The average molecular weight is 401 g/mol. The van der Waals surface area contributed by atoms with Gasteiger partial charge in [0.2, 0.25) is 0 Å². The lowest BCUT2D eigenvalue weighted by molar-refractivity contribution is -0.146. The smallest absolute Gasteiger partial charge is 0.338 e. The van der Waals surface area contributed by atoms with Crippen molar-refractivity contribution in [2.75, 3.05) is 11.9 Å². The molecule has 2 aromatic rings. The molecule has 148 valence electrons. The molecule has 0 bridgehead atoms. The van der Waals surface area contributed by atoms with Crippen molar-refractivity contribution in [2.45, 2.75) is 37.0 Å². The monoisotopic (exact) mass is 401 g/mol. The van der Waals surface area contributed by atoms with Crippen molar-refractivity contribution in [1.29, 1.82) is 0 Å². The highest BCUT2D eigenvalue weighted by atomic mass is 32.2. The third-order valence-electron chi connectivity index (χ3n) is 3.48. The average Bonchev–Trinajstić information content (AvgIpc) is 2.67. The van der Waals surface area contributed by atoms with E-state index in [0.29, 0.717) is 11.3 Å². The van der Waals surface area contributed by atoms with Gasteiger partial charge >= 0.3 is 11.9 Å². The summed E-state index contributed by atoms with van der Waals surface area (Å²) in [5.41, 5.74) is 0.888. The van der Waals surface area contributed by atoms with Crippen LogP contribution in [0.5, 0.6) is 0 Å². The van der Waals surface area contributed by atoms with Crippen molar-refractivity contribution in [3.63, 3.8) is 0 Å². The minimum atomic E-state index is -0.462. The van der Waals surface area contributed by atoms with Gasteiger partial charge in [0.25, 0.3) is 5.91 Å². The topological polar surface area (TPSA) is 81.7 Å². The number of rotatable bonds is 8. The van der Waals surface area contributed by atoms with Crippen LogP contribution in [0, 0.1) is 0 Å². The number of carbonyl (C=O) groups excluding carboxylic acids is 3. The van der Waals surface area contributed by atoms with Crippen LogP contribution in [-0.2, 0) is 19.1 Å². The standard InChI is InChI=1S/C21H23NO5S/c1-14(2)27-21(25)16-9-11-17(12-10-16)22-19(23)13-26-20(24)15(3)28-18-7-5-4-6-8-18/h4-12,14-15H,13H2,1-3H3,(H,22,23)/t15-/m0/s1. The summed E-state index contributed by atoms with van der Waals surface area (Å²) in [6.45, 7) is 4.89. The Morgan fingerprint density at radius 1 is 0.964 bits per heavy atom. The molecule has 28 heavy (non-hydrogen) atoms. The minimum Gasteiger partial charge on any atom is -0.459 e. The fourth-order valence-corrected chi connectivity index (χ4v) is 3.06. The first-order valence-corrected chi connectivity index (χ1v) is 9.72. The lowest BCUT2D eigenvalue weighted by Crippen LogP contribution is -2.24. The van der Waals surface area contributed by atoms with Gasteiger partial charge in [0.1, 0.15) is 5.25 Å². The van der Waals surface area contributed by atoms with Gasteiger partial charge in [-0.15, -0.1) is 11.8 Å². The fourth-order valence-electron chi connectivity index (χ4n) is 2.17. The van der Waals surface area contributed by atoms with E-state index in [-0.39, 0.29) is 12.7 Å². The van der Waals surface area contributed by atoms with Crippen LogP contribution in [0.3, 0.4) is 0 Å². The van der Waals surface area contributed by atoms with E-state index in [4.69, 9.17) is 9.47 Å². The molecule has 2 rings (SSSR count). The molecule has 0 saturated heterocycles. The molecule has 0 fully saturated rings. The lowest BCUT2D eigenvalue weighted by Gasteiger charge is -2.12. The Morgan fingerprint density at radius 3 is 2.21 bits per heavy atom. The molecule has 0 aliphatic heterocycles. The summed E-state index contributed by atoms with van der Waals surface area (Å²) in [5.74, 6) is -1.34. The predicted molar refractivity (Wildman–Crippen MR) is 108 cm³/mol. The summed E-state index contributed by atoms with van der Waals surface area (Å²) in [6, 6.07) is 15.8. The Kier molecular flexibility index (Phi) is 8.07. The first-order valence-electron chi connectivity index (χ1n) is 8.84. The molecule has 1 atom stereocenters. The van der Waals surface area contributed by atoms with Gasteiger partial charge in [-0.05, 0) is 57.2 Å². The number of benzene rings is 2. The minimum absolute atomic E-state index is 0.205. The van der Waals surface area contributed by atoms with Crippen LogP contribution < -0.4 is 5.32 Å². The van der Waals surface area contributed by atoms with E-state index in [1.54, 1.807) is 45.0 Å². The van der Waals surface area contributed by atoms with Crippen LogP contribution in [0.25, 0.3) is 0 Å². The fraction of sp³-hybridized carbons (Fsp3) is 0.286. The molecule has 7 heteroatoms. The molecule has 0 saturated carbocycles. The SMILES string of the molecule is CC(C)OC(=O)c1ccc(NC(=O)COC(=O)[C@H](C)Sc2ccccc2)cc1. The molecule has 0 spiro atoms. The number of hydrogen-bond donors (Lipinski definition) is 1. The van der Waals surface area contributed by atoms with Crippen LogP contribution in [0.1, 0.15) is 31.1 Å². The molecule has 6 nitrogen and oxygen atoms in total. The van der Waals surface area contributed by atoms with Crippen LogP contribution >= 0.6 is 11.8 Å². The molecule has 0 heterocycles. The van der Waals surface area contributed by atoms with Crippen molar-refractivity contribution in [1.82, 2.24) is 0 Å². The maximum Gasteiger partial charge on any atom is 0.338 e. The van der Waals surface area contributed by atoms with E-state index in [2.05, 4.69) is 5.32 Å². The van der Waals surface area contributed by atoms with Crippen molar-refractivity contribution in [3.05, 3.63) is 60.2 Å². The third-order valence-corrected chi connectivity index (χ3v) is 4.57. The zero-order chi connectivity index (χ0) is 20.5. The number of esters is 2. The lowest BCUT2D eigenvalue weighted by atomic mass is 10.2. The first kappa shape index (κ1) is 21.5. The molecule has 0 aromatic heterocycles. The summed E-state index contributed by atoms with van der Waals surface area (Å²) < 4.78 is 10.2. The number of nitrogens with one attached hydrogen (secondary N) is 1. The molecule has 0 aliphatic carbocycles. The van der Waals surface area contributed by atoms with Gasteiger partial charge in [-0.2, -0.15) is 0 Å². The van der Waals surface area contributed by atoms with Crippen molar-refractivity contribution in [3.8, 4) is 0 Å². The second-order valence-corrected chi connectivity index (χ2v) is 7.67. The summed E-state index contributed by atoms with van der Waals surface area (Å²) in [4.78, 5) is 36.8. The van der Waals surface area contributed by atoms with Gasteiger partial charge in [0, 0.05) is 10.6 Å². The summed E-state index contributed by atoms with van der Waals surface area (Å²) >= 11 is 1.37. The van der Waals surface area contributed by atoms with E-state index in [0.717, 1.165) is 4.90 Å². The maximum atomic E-state index is 12.0. The number of thioether (sulfide) groups is 1. The van der Waals surface area contributed by atoms with E-state index in [1.807, 2.05) is 30.3 Å². The highest BCUT2D eigenvalue weighted by molar-refractivity contribution is 8.00. The van der Waals surface area contributed by atoms with Crippen molar-refractivity contribution >= 4 is 35.3 Å². The third kappa shape index (κ3) is 7.08. The second-order valence-electron chi connectivity index (χ2n) is 6.26. The number of anilines is 1. The summed E-state index contributed by atoms with van der Waals surface area (Å²) in [7, 11) is 0. The Balaban J connectivity index is 1.78. The van der Waals surface area contributed by atoms with Gasteiger partial charge in [-0.1, -0.05) is 18.2 Å². The molecular weight excluding hydrogens is 378 g/mol. The molecule has 0 aliphatic rings. The normalized spacial score (nSPS) is 11.6. The van der Waals surface area contributed by atoms with Crippen LogP contribution in [0.4, 0.5) is 5.69 Å². The number of carbonyl (C=O) groups is 3. The summed E-state index contributed by atoms with van der Waals surface area (Å²) in [5, 5.41) is 2.19. The van der Waals surface area contributed by atoms with E-state index >= 15 is 0 Å². The van der Waals surface area contributed by atoms with Crippen LogP contribution in [0.2, 0.25) is 0 Å². The molecule has 1 N–H and O–H groups in total. The molecule has 0 radical (unpaired) electrons. The highest BCUT2D eigenvalue weighted by Crippen LogP contribution is 2.23.